The topological polar surface area (TPSA) is 68.0 Å². The molecule has 2 aromatic heterocycles. The van der Waals surface area contributed by atoms with Crippen molar-refractivity contribution in [2.75, 3.05) is 13.1 Å². The number of aromatic nitrogens is 4. The molecule has 1 atom stereocenters. The normalized spacial score (nSPS) is 20.6. The third-order valence-corrected chi connectivity index (χ3v) is 5.71. The summed E-state index contributed by atoms with van der Waals surface area (Å²) < 4.78 is 4.05. The van der Waals surface area contributed by atoms with E-state index in [9.17, 15) is 4.79 Å². The zero-order valence-corrected chi connectivity index (χ0v) is 15.7. The van der Waals surface area contributed by atoms with Crippen molar-refractivity contribution in [1.29, 1.82) is 0 Å². The van der Waals surface area contributed by atoms with Crippen LogP contribution in [0.1, 0.15) is 49.3 Å². The number of amides is 1. The average Bonchev–Trinajstić information content (AvgIpc) is 3.15. The van der Waals surface area contributed by atoms with Gasteiger partial charge in [0.1, 0.15) is 5.82 Å². The summed E-state index contributed by atoms with van der Waals surface area (Å²) in [6.45, 7) is 5.78. The fourth-order valence-electron chi connectivity index (χ4n) is 3.86. The van der Waals surface area contributed by atoms with E-state index >= 15 is 0 Å². The largest absolute Gasteiger partial charge is 0.355 e. The molecule has 1 aliphatic carbocycles. The summed E-state index contributed by atoms with van der Waals surface area (Å²) in [5, 5.41) is 7.31. The molecule has 1 N–H and O–H groups in total. The van der Waals surface area contributed by atoms with Crippen LogP contribution in [-0.4, -0.2) is 43.2 Å². The van der Waals surface area contributed by atoms with Crippen LogP contribution in [0.2, 0.25) is 0 Å². The third kappa shape index (κ3) is 3.67. The zero-order chi connectivity index (χ0) is 18.1. The van der Waals surface area contributed by atoms with Gasteiger partial charge >= 0.3 is 0 Å². The van der Waals surface area contributed by atoms with E-state index in [1.165, 1.54) is 24.8 Å². The van der Waals surface area contributed by atoms with Crippen molar-refractivity contribution in [1.82, 2.24) is 29.5 Å². The van der Waals surface area contributed by atoms with Gasteiger partial charge in [-0.15, -0.1) is 0 Å². The lowest BCUT2D eigenvalue weighted by Gasteiger charge is -2.33. The van der Waals surface area contributed by atoms with E-state index in [0.29, 0.717) is 12.3 Å². The standard InChI is InChI=1S/C19H28N6O/c1-14-19-22-17(8-18(26)20-9-15-4-3-5-15)13-25(19)7-6-24(14)12-16-10-21-23(2)11-16/h10-11,13-15H,3-9,12H2,1-2H3,(H,20,26). The number of carbonyl (C=O) groups excluding carboxylic acids is 1. The number of aryl methyl sites for hydroxylation is 1. The van der Waals surface area contributed by atoms with E-state index in [0.717, 1.165) is 37.7 Å². The SMILES string of the molecule is CC1c2nc(CC(=O)NCC3CCC3)cn2CCN1Cc1cnn(C)c1. The summed E-state index contributed by atoms with van der Waals surface area (Å²) in [5.41, 5.74) is 2.09. The summed E-state index contributed by atoms with van der Waals surface area (Å²) in [6, 6.07) is 0.232. The molecule has 2 aliphatic rings. The summed E-state index contributed by atoms with van der Waals surface area (Å²) in [6.07, 6.45) is 10.2. The highest BCUT2D eigenvalue weighted by Crippen LogP contribution is 2.27. The van der Waals surface area contributed by atoms with Gasteiger partial charge in [0.2, 0.25) is 5.91 Å². The molecule has 2 aromatic rings. The van der Waals surface area contributed by atoms with Crippen molar-refractivity contribution in [3.05, 3.63) is 35.7 Å². The fraction of sp³-hybridized carbons (Fsp3) is 0.632. The highest BCUT2D eigenvalue weighted by atomic mass is 16.1. The Balaban J connectivity index is 1.36. The van der Waals surface area contributed by atoms with Crippen molar-refractivity contribution in [3.8, 4) is 0 Å². The Hall–Kier alpha value is -2.15. The summed E-state index contributed by atoms with van der Waals surface area (Å²) in [5.74, 6) is 1.84. The Morgan fingerprint density at radius 2 is 2.15 bits per heavy atom. The Labute approximate surface area is 154 Å². The van der Waals surface area contributed by atoms with Gasteiger partial charge in [-0.25, -0.2) is 4.98 Å². The number of hydrogen-bond donors (Lipinski definition) is 1. The summed E-state index contributed by atoms with van der Waals surface area (Å²) >= 11 is 0. The van der Waals surface area contributed by atoms with Crippen LogP contribution in [0.15, 0.2) is 18.6 Å². The first-order chi connectivity index (χ1) is 12.6. The van der Waals surface area contributed by atoms with Gasteiger partial charge in [0.15, 0.2) is 0 Å². The van der Waals surface area contributed by atoms with Gasteiger partial charge in [0.05, 0.1) is 24.4 Å². The van der Waals surface area contributed by atoms with Crippen LogP contribution in [0.3, 0.4) is 0 Å². The van der Waals surface area contributed by atoms with Crippen LogP contribution in [-0.2, 0) is 31.4 Å². The molecule has 140 valence electrons. The molecule has 0 radical (unpaired) electrons. The fourth-order valence-corrected chi connectivity index (χ4v) is 3.86. The van der Waals surface area contributed by atoms with Gasteiger partial charge in [-0.05, 0) is 25.7 Å². The molecule has 1 fully saturated rings. The van der Waals surface area contributed by atoms with Crippen LogP contribution in [0.25, 0.3) is 0 Å². The van der Waals surface area contributed by atoms with E-state index in [2.05, 4.69) is 39.2 Å². The van der Waals surface area contributed by atoms with Crippen LogP contribution in [0.4, 0.5) is 0 Å². The molecule has 1 saturated carbocycles. The summed E-state index contributed by atoms with van der Waals surface area (Å²) in [4.78, 5) is 19.4. The van der Waals surface area contributed by atoms with Crippen molar-refractivity contribution in [2.24, 2.45) is 13.0 Å². The highest BCUT2D eigenvalue weighted by molar-refractivity contribution is 5.78. The summed E-state index contributed by atoms with van der Waals surface area (Å²) in [7, 11) is 1.94. The minimum Gasteiger partial charge on any atom is -0.355 e. The number of nitrogens with zero attached hydrogens (tertiary/aromatic N) is 5. The molecule has 0 spiro atoms. The molecule has 26 heavy (non-hydrogen) atoms. The lowest BCUT2D eigenvalue weighted by molar-refractivity contribution is -0.120. The minimum atomic E-state index is 0.0900. The number of nitrogens with one attached hydrogen (secondary N) is 1. The van der Waals surface area contributed by atoms with Gasteiger partial charge in [0, 0.05) is 51.2 Å². The molecule has 0 aromatic carbocycles. The third-order valence-electron chi connectivity index (χ3n) is 5.71. The van der Waals surface area contributed by atoms with Crippen molar-refractivity contribution in [2.45, 2.75) is 51.7 Å². The molecule has 1 amide bonds. The molecular formula is C19H28N6O. The van der Waals surface area contributed by atoms with Crippen molar-refractivity contribution in [3.63, 3.8) is 0 Å². The molecule has 7 nitrogen and oxygen atoms in total. The van der Waals surface area contributed by atoms with Gasteiger partial charge in [-0.3, -0.25) is 14.4 Å². The Kier molecular flexibility index (Phi) is 4.80. The molecule has 0 bridgehead atoms. The Morgan fingerprint density at radius 3 is 2.85 bits per heavy atom. The minimum absolute atomic E-state index is 0.0900. The first kappa shape index (κ1) is 17.3. The Bertz CT molecular complexity index is 775. The number of imidazole rings is 1. The first-order valence-corrected chi connectivity index (χ1v) is 9.62. The second kappa shape index (κ2) is 7.23. The van der Waals surface area contributed by atoms with Crippen molar-refractivity contribution < 1.29 is 4.79 Å². The number of hydrogen-bond acceptors (Lipinski definition) is 4. The maximum Gasteiger partial charge on any atom is 0.226 e. The second-order valence-corrected chi connectivity index (χ2v) is 7.73. The van der Waals surface area contributed by atoms with E-state index in [1.807, 2.05) is 17.9 Å². The highest BCUT2D eigenvalue weighted by Gasteiger charge is 2.27. The molecule has 1 aliphatic heterocycles. The van der Waals surface area contributed by atoms with Crippen LogP contribution >= 0.6 is 0 Å². The lowest BCUT2D eigenvalue weighted by atomic mass is 9.85. The van der Waals surface area contributed by atoms with Gasteiger partial charge in [-0.1, -0.05) is 6.42 Å². The maximum atomic E-state index is 12.2. The number of rotatable bonds is 6. The quantitative estimate of drug-likeness (QED) is 0.855. The van der Waals surface area contributed by atoms with E-state index in [1.54, 1.807) is 0 Å². The molecule has 3 heterocycles. The van der Waals surface area contributed by atoms with E-state index in [4.69, 9.17) is 4.98 Å². The molecular weight excluding hydrogens is 328 g/mol. The predicted octanol–water partition coefficient (Wildman–Crippen LogP) is 1.65. The second-order valence-electron chi connectivity index (χ2n) is 7.73. The smallest absolute Gasteiger partial charge is 0.226 e. The van der Waals surface area contributed by atoms with Gasteiger partial charge in [0.25, 0.3) is 0 Å². The number of fused-ring (bicyclic) bond motifs is 1. The first-order valence-electron chi connectivity index (χ1n) is 9.62. The lowest BCUT2D eigenvalue weighted by Crippen LogP contribution is -2.36. The van der Waals surface area contributed by atoms with Gasteiger partial charge in [-0.2, -0.15) is 5.10 Å². The van der Waals surface area contributed by atoms with Crippen LogP contribution < -0.4 is 5.32 Å². The molecule has 0 saturated heterocycles. The maximum absolute atomic E-state index is 12.2. The number of carbonyl (C=O) groups is 1. The molecule has 1 unspecified atom stereocenters. The van der Waals surface area contributed by atoms with Crippen LogP contribution in [0.5, 0.6) is 0 Å². The van der Waals surface area contributed by atoms with Gasteiger partial charge < -0.3 is 9.88 Å². The average molecular weight is 356 g/mol. The molecule has 4 rings (SSSR count). The zero-order valence-electron chi connectivity index (χ0n) is 15.7. The van der Waals surface area contributed by atoms with E-state index < -0.39 is 0 Å². The predicted molar refractivity (Wildman–Crippen MR) is 98.3 cm³/mol. The monoisotopic (exact) mass is 356 g/mol. The van der Waals surface area contributed by atoms with Crippen LogP contribution in [0, 0.1) is 5.92 Å². The van der Waals surface area contributed by atoms with Crippen molar-refractivity contribution >= 4 is 5.91 Å². The van der Waals surface area contributed by atoms with E-state index in [-0.39, 0.29) is 11.9 Å². The Morgan fingerprint density at radius 1 is 1.31 bits per heavy atom. The molecule has 7 heteroatoms.